The van der Waals surface area contributed by atoms with E-state index in [0.29, 0.717) is 0 Å². The molecule has 0 saturated carbocycles. The monoisotopic (exact) mass is 228 g/mol. The number of nitrogens with zero attached hydrogens (tertiary/aromatic N) is 1. The third kappa shape index (κ3) is 2.64. The highest BCUT2D eigenvalue weighted by Crippen LogP contribution is 2.20. The Morgan fingerprint density at radius 2 is 2.06 bits per heavy atom. The van der Waals surface area contributed by atoms with Crippen LogP contribution in [0.4, 0.5) is 0 Å². The zero-order valence-electron chi connectivity index (χ0n) is 10.9. The molecular weight excluding hydrogens is 208 g/mol. The van der Waals surface area contributed by atoms with Crippen LogP contribution in [0.3, 0.4) is 0 Å². The average Bonchev–Trinajstić information content (AvgIpc) is 2.31. The highest BCUT2D eigenvalue weighted by atomic mass is 14.8. The van der Waals surface area contributed by atoms with Crippen molar-refractivity contribution in [2.24, 2.45) is 0 Å². The molecule has 0 bridgehead atoms. The molecule has 0 aliphatic rings. The van der Waals surface area contributed by atoms with Crippen LogP contribution < -0.4 is 5.32 Å². The zero-order valence-corrected chi connectivity index (χ0v) is 10.9. The first-order chi connectivity index (χ1) is 8.22. The molecule has 0 amide bonds. The topological polar surface area (TPSA) is 24.9 Å². The first kappa shape index (κ1) is 12.1. The Kier molecular flexibility index (Phi) is 3.75. The van der Waals surface area contributed by atoms with Gasteiger partial charge in [-0.15, -0.1) is 0 Å². The highest BCUT2D eigenvalue weighted by molar-refractivity contribution is 5.82. The Morgan fingerprint density at radius 3 is 2.82 bits per heavy atom. The van der Waals surface area contributed by atoms with Crippen molar-refractivity contribution in [2.75, 3.05) is 13.6 Å². The molecule has 0 aliphatic heterocycles. The second-order valence-electron chi connectivity index (χ2n) is 4.59. The minimum atomic E-state index is 1.06. The summed E-state index contributed by atoms with van der Waals surface area (Å²) in [4.78, 5) is 4.73. The maximum absolute atomic E-state index is 4.73. The van der Waals surface area contributed by atoms with E-state index in [1.54, 1.807) is 0 Å². The van der Waals surface area contributed by atoms with Crippen molar-refractivity contribution in [1.29, 1.82) is 0 Å². The molecule has 1 heterocycles. The van der Waals surface area contributed by atoms with Crippen molar-refractivity contribution in [3.05, 3.63) is 41.1 Å². The third-order valence-electron chi connectivity index (χ3n) is 3.22. The molecule has 0 aliphatic carbocycles. The van der Waals surface area contributed by atoms with Crippen molar-refractivity contribution >= 4 is 10.9 Å². The number of hydrogen-bond donors (Lipinski definition) is 1. The fourth-order valence-corrected chi connectivity index (χ4v) is 2.19. The summed E-state index contributed by atoms with van der Waals surface area (Å²) in [6.45, 7) is 5.29. The largest absolute Gasteiger partial charge is 0.320 e. The molecule has 1 aromatic carbocycles. The van der Waals surface area contributed by atoms with Gasteiger partial charge in [0.1, 0.15) is 0 Å². The van der Waals surface area contributed by atoms with Gasteiger partial charge in [-0.2, -0.15) is 0 Å². The lowest BCUT2D eigenvalue weighted by molar-refractivity contribution is 0.721. The molecule has 1 aromatic heterocycles. The Bertz CT molecular complexity index is 518. The van der Waals surface area contributed by atoms with Gasteiger partial charge in [0.2, 0.25) is 0 Å². The Hall–Kier alpha value is -1.41. The van der Waals surface area contributed by atoms with Crippen LogP contribution in [0.1, 0.15) is 23.2 Å². The van der Waals surface area contributed by atoms with E-state index in [1.165, 1.54) is 22.2 Å². The minimum Gasteiger partial charge on any atom is -0.320 e. The number of hydrogen-bond acceptors (Lipinski definition) is 2. The summed E-state index contributed by atoms with van der Waals surface area (Å²) in [6.07, 6.45) is 2.26. The van der Waals surface area contributed by atoms with Crippen LogP contribution in [0.5, 0.6) is 0 Å². The van der Waals surface area contributed by atoms with E-state index >= 15 is 0 Å². The van der Waals surface area contributed by atoms with Gasteiger partial charge in [0, 0.05) is 11.1 Å². The van der Waals surface area contributed by atoms with Crippen LogP contribution in [-0.2, 0) is 6.42 Å². The first-order valence-corrected chi connectivity index (χ1v) is 6.23. The normalized spacial score (nSPS) is 11.0. The van der Waals surface area contributed by atoms with Gasteiger partial charge in [0.15, 0.2) is 0 Å². The summed E-state index contributed by atoms with van der Waals surface area (Å²) >= 11 is 0. The number of benzene rings is 1. The number of fused-ring (bicyclic) bond motifs is 1. The number of para-hydroxylation sites is 1. The van der Waals surface area contributed by atoms with Crippen LogP contribution in [0, 0.1) is 13.8 Å². The van der Waals surface area contributed by atoms with Gasteiger partial charge >= 0.3 is 0 Å². The van der Waals surface area contributed by atoms with Crippen LogP contribution in [-0.4, -0.2) is 18.6 Å². The fraction of sp³-hybridized carbons (Fsp3) is 0.400. The van der Waals surface area contributed by atoms with Crippen LogP contribution >= 0.6 is 0 Å². The quantitative estimate of drug-likeness (QED) is 0.814. The maximum Gasteiger partial charge on any atom is 0.0734 e. The predicted octanol–water partition coefficient (Wildman–Crippen LogP) is 3.00. The van der Waals surface area contributed by atoms with E-state index in [1.807, 2.05) is 7.05 Å². The van der Waals surface area contributed by atoms with E-state index < -0.39 is 0 Å². The number of pyridine rings is 1. The molecule has 0 fully saturated rings. The predicted molar refractivity (Wildman–Crippen MR) is 73.5 cm³/mol. The van der Waals surface area contributed by atoms with Crippen molar-refractivity contribution in [3.8, 4) is 0 Å². The highest BCUT2D eigenvalue weighted by Gasteiger charge is 2.04. The Balaban J connectivity index is 2.35. The summed E-state index contributed by atoms with van der Waals surface area (Å²) < 4.78 is 0. The van der Waals surface area contributed by atoms with E-state index in [9.17, 15) is 0 Å². The molecule has 0 unspecified atom stereocenters. The number of aryl methyl sites for hydroxylation is 3. The molecule has 0 saturated heterocycles. The minimum absolute atomic E-state index is 1.06. The summed E-state index contributed by atoms with van der Waals surface area (Å²) in [5.41, 5.74) is 4.94. The summed E-state index contributed by atoms with van der Waals surface area (Å²) in [6, 6.07) is 8.66. The number of rotatable bonds is 4. The summed E-state index contributed by atoms with van der Waals surface area (Å²) in [5.74, 6) is 0. The van der Waals surface area contributed by atoms with Gasteiger partial charge in [-0.05, 0) is 57.5 Å². The first-order valence-electron chi connectivity index (χ1n) is 6.23. The molecule has 90 valence electrons. The maximum atomic E-state index is 4.73. The molecule has 17 heavy (non-hydrogen) atoms. The Labute approximate surface area is 103 Å². The van der Waals surface area contributed by atoms with Crippen molar-refractivity contribution in [3.63, 3.8) is 0 Å². The molecule has 0 atom stereocenters. The standard InChI is InChI=1S/C15H20N2/c1-11-6-4-7-14-10-13(8-5-9-16-3)12(2)17-15(11)14/h4,6-7,10,16H,5,8-9H2,1-3H3. The lowest BCUT2D eigenvalue weighted by atomic mass is 10.0. The van der Waals surface area contributed by atoms with Gasteiger partial charge < -0.3 is 5.32 Å². The van der Waals surface area contributed by atoms with Crippen molar-refractivity contribution in [2.45, 2.75) is 26.7 Å². The zero-order chi connectivity index (χ0) is 12.3. The molecule has 0 spiro atoms. The molecule has 2 nitrogen and oxygen atoms in total. The summed E-state index contributed by atoms with van der Waals surface area (Å²) in [7, 11) is 1.99. The van der Waals surface area contributed by atoms with Crippen molar-refractivity contribution < 1.29 is 0 Å². The second kappa shape index (κ2) is 5.28. The van der Waals surface area contributed by atoms with E-state index in [2.05, 4.69) is 43.4 Å². The van der Waals surface area contributed by atoms with Crippen LogP contribution in [0.2, 0.25) is 0 Å². The Morgan fingerprint density at radius 1 is 1.24 bits per heavy atom. The molecular formula is C15H20N2. The molecule has 1 N–H and O–H groups in total. The summed E-state index contributed by atoms with van der Waals surface area (Å²) in [5, 5.41) is 4.44. The average molecular weight is 228 g/mol. The van der Waals surface area contributed by atoms with Gasteiger partial charge in [-0.25, -0.2) is 0 Å². The van der Waals surface area contributed by atoms with Crippen molar-refractivity contribution in [1.82, 2.24) is 10.3 Å². The van der Waals surface area contributed by atoms with E-state index in [-0.39, 0.29) is 0 Å². The molecule has 2 aromatic rings. The van der Waals surface area contributed by atoms with Crippen LogP contribution in [0.15, 0.2) is 24.3 Å². The molecule has 0 radical (unpaired) electrons. The SMILES string of the molecule is CNCCCc1cc2cccc(C)c2nc1C. The lowest BCUT2D eigenvalue weighted by Gasteiger charge is -2.08. The number of nitrogens with one attached hydrogen (secondary N) is 1. The van der Waals surface area contributed by atoms with E-state index in [4.69, 9.17) is 4.98 Å². The van der Waals surface area contributed by atoms with E-state index in [0.717, 1.165) is 24.9 Å². The van der Waals surface area contributed by atoms with Gasteiger partial charge in [0.05, 0.1) is 5.52 Å². The smallest absolute Gasteiger partial charge is 0.0734 e. The lowest BCUT2D eigenvalue weighted by Crippen LogP contribution is -2.09. The fourth-order valence-electron chi connectivity index (χ4n) is 2.19. The van der Waals surface area contributed by atoms with Gasteiger partial charge in [0.25, 0.3) is 0 Å². The van der Waals surface area contributed by atoms with Crippen LogP contribution in [0.25, 0.3) is 10.9 Å². The number of aromatic nitrogens is 1. The third-order valence-corrected chi connectivity index (χ3v) is 3.22. The van der Waals surface area contributed by atoms with Gasteiger partial charge in [-0.1, -0.05) is 18.2 Å². The second-order valence-corrected chi connectivity index (χ2v) is 4.59. The molecule has 2 rings (SSSR count). The van der Waals surface area contributed by atoms with Gasteiger partial charge in [-0.3, -0.25) is 4.98 Å². The molecule has 2 heteroatoms.